The second-order valence-electron chi connectivity index (χ2n) is 7.14. The third-order valence-electron chi connectivity index (χ3n) is 5.31. The van der Waals surface area contributed by atoms with Crippen LogP contribution >= 0.6 is 11.3 Å². The van der Waals surface area contributed by atoms with E-state index in [1.807, 2.05) is 11.3 Å². The Balaban J connectivity index is 1.51. The van der Waals surface area contributed by atoms with E-state index in [2.05, 4.69) is 121 Å². The highest BCUT2D eigenvalue weighted by Crippen LogP contribution is 2.37. The molecule has 140 valence electrons. The fourth-order valence-electron chi connectivity index (χ4n) is 3.76. The number of fused-ring (bicyclic) bond motifs is 1. The standard InChI is InChI=1S/C27H21NS/c1-28(25-16-8-12-20-9-5-6-15-24(20)25)23-14-7-13-22(19-23)27-18-17-26(29-27)21-10-3-2-4-11-21/h2-19H,1H3. The van der Waals surface area contributed by atoms with Gasteiger partial charge in [0, 0.05) is 33.6 Å². The highest BCUT2D eigenvalue weighted by molar-refractivity contribution is 7.18. The molecule has 0 saturated heterocycles. The maximum absolute atomic E-state index is 2.28. The molecule has 0 bridgehead atoms. The van der Waals surface area contributed by atoms with Crippen LogP contribution in [0.2, 0.25) is 0 Å². The van der Waals surface area contributed by atoms with Crippen molar-refractivity contribution in [1.82, 2.24) is 0 Å². The van der Waals surface area contributed by atoms with Crippen LogP contribution in [0.3, 0.4) is 0 Å². The maximum Gasteiger partial charge on any atom is 0.0487 e. The van der Waals surface area contributed by atoms with Crippen LogP contribution in [0, 0.1) is 0 Å². The number of thiophene rings is 1. The molecule has 1 heterocycles. The minimum atomic E-state index is 1.19. The molecule has 0 fully saturated rings. The topological polar surface area (TPSA) is 3.24 Å². The van der Waals surface area contributed by atoms with E-state index >= 15 is 0 Å². The Labute approximate surface area is 175 Å². The number of nitrogens with zero attached hydrogens (tertiary/aromatic N) is 1. The summed E-state index contributed by atoms with van der Waals surface area (Å²) in [6, 6.07) is 38.9. The van der Waals surface area contributed by atoms with Crippen LogP contribution in [0.4, 0.5) is 11.4 Å². The molecule has 5 aromatic rings. The number of rotatable bonds is 4. The van der Waals surface area contributed by atoms with E-state index in [4.69, 9.17) is 0 Å². The quantitative estimate of drug-likeness (QED) is 0.300. The Hall–Kier alpha value is -3.36. The van der Waals surface area contributed by atoms with Gasteiger partial charge in [0.15, 0.2) is 0 Å². The summed E-state index contributed by atoms with van der Waals surface area (Å²) in [4.78, 5) is 4.86. The van der Waals surface area contributed by atoms with Gasteiger partial charge in [-0.15, -0.1) is 11.3 Å². The zero-order valence-electron chi connectivity index (χ0n) is 16.2. The highest BCUT2D eigenvalue weighted by Gasteiger charge is 2.10. The molecule has 0 spiro atoms. The van der Waals surface area contributed by atoms with E-state index in [1.54, 1.807) is 0 Å². The summed E-state index contributed by atoms with van der Waals surface area (Å²) in [6.07, 6.45) is 0. The van der Waals surface area contributed by atoms with E-state index < -0.39 is 0 Å². The molecule has 29 heavy (non-hydrogen) atoms. The highest BCUT2D eigenvalue weighted by atomic mass is 32.1. The van der Waals surface area contributed by atoms with E-state index in [0.717, 1.165) is 0 Å². The lowest BCUT2D eigenvalue weighted by Crippen LogP contribution is -2.09. The molecule has 1 nitrogen and oxygen atoms in total. The first kappa shape index (κ1) is 17.7. The summed E-state index contributed by atoms with van der Waals surface area (Å²) >= 11 is 1.84. The second kappa shape index (κ2) is 7.57. The predicted octanol–water partition coefficient (Wildman–Crippen LogP) is 8.00. The van der Waals surface area contributed by atoms with Gasteiger partial charge in [-0.05, 0) is 46.8 Å². The third kappa shape index (κ3) is 3.43. The zero-order valence-corrected chi connectivity index (χ0v) is 17.1. The third-order valence-corrected chi connectivity index (χ3v) is 6.49. The van der Waals surface area contributed by atoms with Gasteiger partial charge in [-0.2, -0.15) is 0 Å². The van der Waals surface area contributed by atoms with Gasteiger partial charge in [0.1, 0.15) is 0 Å². The Kier molecular flexibility index (Phi) is 4.63. The van der Waals surface area contributed by atoms with Crippen molar-refractivity contribution >= 4 is 33.5 Å². The molecule has 0 atom stereocenters. The Morgan fingerprint density at radius 2 is 1.24 bits per heavy atom. The monoisotopic (exact) mass is 391 g/mol. The lowest BCUT2D eigenvalue weighted by Gasteiger charge is -2.22. The maximum atomic E-state index is 2.28. The molecule has 1 aromatic heterocycles. The molecule has 0 amide bonds. The van der Waals surface area contributed by atoms with Gasteiger partial charge in [0.25, 0.3) is 0 Å². The predicted molar refractivity (Wildman–Crippen MR) is 127 cm³/mol. The summed E-state index contributed by atoms with van der Waals surface area (Å²) in [5.74, 6) is 0. The Morgan fingerprint density at radius 1 is 0.586 bits per heavy atom. The van der Waals surface area contributed by atoms with Crippen LogP contribution < -0.4 is 4.90 Å². The van der Waals surface area contributed by atoms with Crippen LogP contribution in [0.1, 0.15) is 0 Å². The largest absolute Gasteiger partial charge is 0.344 e. The molecule has 0 aliphatic carbocycles. The van der Waals surface area contributed by atoms with Gasteiger partial charge in [-0.25, -0.2) is 0 Å². The average molecular weight is 392 g/mol. The van der Waals surface area contributed by atoms with Gasteiger partial charge in [0.05, 0.1) is 0 Å². The molecule has 0 N–H and O–H groups in total. The van der Waals surface area contributed by atoms with Gasteiger partial charge in [-0.1, -0.05) is 78.9 Å². The second-order valence-corrected chi connectivity index (χ2v) is 8.22. The van der Waals surface area contributed by atoms with Crippen molar-refractivity contribution in [2.45, 2.75) is 0 Å². The normalized spacial score (nSPS) is 10.9. The molecule has 4 aromatic carbocycles. The summed E-state index contributed by atoms with van der Waals surface area (Å²) in [7, 11) is 2.14. The Bertz CT molecular complexity index is 1260. The lowest BCUT2D eigenvalue weighted by atomic mass is 10.1. The number of hydrogen-bond acceptors (Lipinski definition) is 2. The van der Waals surface area contributed by atoms with Crippen LogP contribution in [0.25, 0.3) is 31.7 Å². The number of anilines is 2. The van der Waals surface area contributed by atoms with Crippen molar-refractivity contribution in [1.29, 1.82) is 0 Å². The van der Waals surface area contributed by atoms with Crippen molar-refractivity contribution in [3.63, 3.8) is 0 Å². The van der Waals surface area contributed by atoms with Crippen molar-refractivity contribution in [3.05, 3.63) is 109 Å². The summed E-state index contributed by atoms with van der Waals surface area (Å²) in [5.41, 5.74) is 4.93. The molecule has 0 radical (unpaired) electrons. The molecule has 5 rings (SSSR count). The number of benzene rings is 4. The van der Waals surface area contributed by atoms with Crippen LogP contribution in [0.5, 0.6) is 0 Å². The van der Waals surface area contributed by atoms with Crippen molar-refractivity contribution in [2.75, 3.05) is 11.9 Å². The molecule has 2 heteroatoms. The van der Waals surface area contributed by atoms with Gasteiger partial charge in [0.2, 0.25) is 0 Å². The van der Waals surface area contributed by atoms with Crippen LogP contribution in [-0.4, -0.2) is 7.05 Å². The molecule has 0 aliphatic heterocycles. The van der Waals surface area contributed by atoms with E-state index in [-0.39, 0.29) is 0 Å². The molecular formula is C27H21NS. The zero-order chi connectivity index (χ0) is 19.6. The van der Waals surface area contributed by atoms with Gasteiger partial charge in [-0.3, -0.25) is 0 Å². The van der Waals surface area contributed by atoms with E-state index in [1.165, 1.54) is 43.0 Å². The smallest absolute Gasteiger partial charge is 0.0487 e. The molecule has 0 saturated carbocycles. The van der Waals surface area contributed by atoms with Gasteiger partial charge < -0.3 is 4.90 Å². The van der Waals surface area contributed by atoms with E-state index in [9.17, 15) is 0 Å². The lowest BCUT2D eigenvalue weighted by molar-refractivity contribution is 1.22. The minimum Gasteiger partial charge on any atom is -0.344 e. The molecule has 0 unspecified atom stereocenters. The first-order chi connectivity index (χ1) is 14.3. The van der Waals surface area contributed by atoms with Crippen molar-refractivity contribution in [2.24, 2.45) is 0 Å². The fraction of sp³-hybridized carbons (Fsp3) is 0.0370. The summed E-state index contributed by atoms with van der Waals surface area (Å²) < 4.78 is 0. The first-order valence-electron chi connectivity index (χ1n) is 9.77. The van der Waals surface area contributed by atoms with Crippen molar-refractivity contribution < 1.29 is 0 Å². The van der Waals surface area contributed by atoms with Crippen LogP contribution in [-0.2, 0) is 0 Å². The average Bonchev–Trinajstić information content (AvgIpc) is 3.29. The van der Waals surface area contributed by atoms with Crippen LogP contribution in [0.15, 0.2) is 109 Å². The number of hydrogen-bond donors (Lipinski definition) is 0. The fourth-order valence-corrected chi connectivity index (χ4v) is 4.77. The SMILES string of the molecule is CN(c1cccc(-c2ccc(-c3ccccc3)s2)c1)c1cccc2ccccc12. The first-order valence-corrected chi connectivity index (χ1v) is 10.6. The van der Waals surface area contributed by atoms with Gasteiger partial charge >= 0.3 is 0 Å². The minimum absolute atomic E-state index is 1.19. The molecule has 0 aliphatic rings. The van der Waals surface area contributed by atoms with Crippen molar-refractivity contribution in [3.8, 4) is 20.9 Å². The summed E-state index contributed by atoms with van der Waals surface area (Å²) in [5, 5.41) is 2.53. The van der Waals surface area contributed by atoms with E-state index in [0.29, 0.717) is 0 Å². The molecular weight excluding hydrogens is 370 g/mol. The summed E-state index contributed by atoms with van der Waals surface area (Å²) in [6.45, 7) is 0. The Morgan fingerprint density at radius 3 is 2.10 bits per heavy atom.